The number of H-pyrrole nitrogens is 1. The second kappa shape index (κ2) is 4.57. The third-order valence-electron chi connectivity index (χ3n) is 5.49. The van der Waals surface area contributed by atoms with E-state index < -0.39 is 0 Å². The van der Waals surface area contributed by atoms with Crippen molar-refractivity contribution in [3.05, 3.63) is 35.5 Å². The summed E-state index contributed by atoms with van der Waals surface area (Å²) in [6, 6.07) is 6.76. The van der Waals surface area contributed by atoms with Gasteiger partial charge in [0.2, 0.25) is 0 Å². The molecule has 4 heteroatoms. The van der Waals surface area contributed by atoms with Crippen LogP contribution in [0.5, 0.6) is 0 Å². The number of benzene rings is 1. The normalized spacial score (nSPS) is 32.3. The Bertz CT molecular complexity index is 680. The molecule has 2 heterocycles. The van der Waals surface area contributed by atoms with Crippen LogP contribution in [0.25, 0.3) is 10.9 Å². The molecule has 1 aliphatic carbocycles. The molecule has 21 heavy (non-hydrogen) atoms. The summed E-state index contributed by atoms with van der Waals surface area (Å²) in [6.07, 6.45) is 4.03. The van der Waals surface area contributed by atoms with Crippen LogP contribution in [0.3, 0.4) is 0 Å². The first-order valence-corrected chi connectivity index (χ1v) is 7.65. The van der Waals surface area contributed by atoms with Gasteiger partial charge in [0, 0.05) is 43.4 Å². The summed E-state index contributed by atoms with van der Waals surface area (Å²) in [7, 11) is 3.97. The van der Waals surface area contributed by atoms with Crippen LogP contribution in [0.2, 0.25) is 0 Å². The monoisotopic (exact) mass is 286 g/mol. The number of ether oxygens (including phenoxy) is 1. The lowest BCUT2D eigenvalue weighted by Crippen LogP contribution is -2.59. The Morgan fingerprint density at radius 3 is 3.10 bits per heavy atom. The number of aromatic amines is 1. The number of aliphatic hydroxyl groups excluding tert-OH is 1. The number of piperidine rings is 1. The SMILES string of the molecule is COC12CC(CO)CN(C)[C@@H]1Cc1c[nH]c3cccc2c13. The van der Waals surface area contributed by atoms with E-state index in [-0.39, 0.29) is 18.1 Å². The quantitative estimate of drug-likeness (QED) is 0.886. The number of hydrogen-bond donors (Lipinski definition) is 2. The van der Waals surface area contributed by atoms with E-state index in [1.807, 2.05) is 7.11 Å². The number of hydrogen-bond acceptors (Lipinski definition) is 3. The number of likely N-dealkylation sites (N-methyl/N-ethyl adjacent to an activating group) is 1. The van der Waals surface area contributed by atoms with Gasteiger partial charge in [0.25, 0.3) is 0 Å². The Hall–Kier alpha value is -1.36. The Labute approximate surface area is 124 Å². The maximum Gasteiger partial charge on any atom is 0.110 e. The molecule has 0 bridgehead atoms. The third-order valence-corrected chi connectivity index (χ3v) is 5.49. The fourth-order valence-electron chi connectivity index (χ4n) is 4.56. The number of rotatable bonds is 2. The van der Waals surface area contributed by atoms with E-state index in [0.29, 0.717) is 6.04 Å². The van der Waals surface area contributed by atoms with Crippen LogP contribution < -0.4 is 0 Å². The van der Waals surface area contributed by atoms with Crippen LogP contribution in [-0.4, -0.2) is 48.3 Å². The van der Waals surface area contributed by atoms with Crippen LogP contribution in [-0.2, 0) is 16.8 Å². The van der Waals surface area contributed by atoms with Crippen molar-refractivity contribution >= 4 is 10.9 Å². The first-order chi connectivity index (χ1) is 10.2. The lowest BCUT2D eigenvalue weighted by molar-refractivity contribution is -0.130. The Morgan fingerprint density at radius 2 is 2.33 bits per heavy atom. The Balaban J connectivity index is 1.96. The van der Waals surface area contributed by atoms with Gasteiger partial charge in [-0.05, 0) is 43.0 Å². The average molecular weight is 286 g/mol. The largest absolute Gasteiger partial charge is 0.396 e. The molecule has 0 radical (unpaired) electrons. The van der Waals surface area contributed by atoms with Crippen molar-refractivity contribution in [1.82, 2.24) is 9.88 Å². The molecule has 1 aliphatic heterocycles. The van der Waals surface area contributed by atoms with Gasteiger partial charge in [-0.25, -0.2) is 0 Å². The number of likely N-dealkylation sites (tertiary alicyclic amines) is 1. The molecule has 3 atom stereocenters. The van der Waals surface area contributed by atoms with Gasteiger partial charge in [-0.3, -0.25) is 4.90 Å². The molecule has 2 aromatic rings. The van der Waals surface area contributed by atoms with Gasteiger partial charge < -0.3 is 14.8 Å². The van der Waals surface area contributed by atoms with Crippen LogP contribution in [0.1, 0.15) is 17.5 Å². The van der Waals surface area contributed by atoms with E-state index in [1.165, 1.54) is 22.0 Å². The van der Waals surface area contributed by atoms with E-state index >= 15 is 0 Å². The van der Waals surface area contributed by atoms with Crippen LogP contribution in [0.4, 0.5) is 0 Å². The van der Waals surface area contributed by atoms with Crippen LogP contribution in [0.15, 0.2) is 24.4 Å². The maximum absolute atomic E-state index is 9.67. The summed E-state index contributed by atoms with van der Waals surface area (Å²) < 4.78 is 6.14. The zero-order chi connectivity index (χ0) is 14.6. The summed E-state index contributed by atoms with van der Waals surface area (Å²) in [4.78, 5) is 5.75. The molecule has 0 amide bonds. The predicted octanol–water partition coefficient (Wildman–Crippen LogP) is 1.88. The minimum Gasteiger partial charge on any atom is -0.396 e. The standard InChI is InChI=1S/C17H22N2O2/c1-19-9-11(10-20)7-17(21-2)13-4-3-5-14-16(13)12(8-18-14)6-15(17)19/h3-5,8,11,15,18,20H,6-7,9-10H2,1-2H3/t11?,15-,17?/m1/s1. The summed E-state index contributed by atoms with van der Waals surface area (Å²) in [6.45, 7) is 1.15. The van der Waals surface area contributed by atoms with Crippen molar-refractivity contribution in [3.63, 3.8) is 0 Å². The second-order valence-electron chi connectivity index (χ2n) is 6.55. The molecule has 2 unspecified atom stereocenters. The molecular weight excluding hydrogens is 264 g/mol. The third kappa shape index (κ3) is 1.67. The van der Waals surface area contributed by atoms with Crippen molar-refractivity contribution in [3.8, 4) is 0 Å². The summed E-state index contributed by atoms with van der Waals surface area (Å²) in [5, 5.41) is 11.0. The van der Waals surface area contributed by atoms with E-state index in [4.69, 9.17) is 4.74 Å². The van der Waals surface area contributed by atoms with E-state index in [0.717, 1.165) is 19.4 Å². The predicted molar refractivity (Wildman–Crippen MR) is 82.3 cm³/mol. The number of nitrogens with zero attached hydrogens (tertiary/aromatic N) is 1. The van der Waals surface area contributed by atoms with E-state index in [9.17, 15) is 5.11 Å². The van der Waals surface area contributed by atoms with Crippen LogP contribution >= 0.6 is 0 Å². The fourth-order valence-corrected chi connectivity index (χ4v) is 4.56. The van der Waals surface area contributed by atoms with E-state index in [1.54, 1.807) is 0 Å². The lowest BCUT2D eigenvalue weighted by Gasteiger charge is -2.52. The van der Waals surface area contributed by atoms with Crippen molar-refractivity contribution in [2.75, 3.05) is 27.3 Å². The summed E-state index contributed by atoms with van der Waals surface area (Å²) in [5.41, 5.74) is 3.54. The molecule has 2 N–H and O–H groups in total. The highest BCUT2D eigenvalue weighted by Gasteiger charge is 2.51. The minimum atomic E-state index is -0.310. The Kier molecular flexibility index (Phi) is 2.89. The number of aliphatic hydroxyl groups is 1. The van der Waals surface area contributed by atoms with Crippen molar-refractivity contribution in [1.29, 1.82) is 0 Å². The molecule has 4 rings (SSSR count). The zero-order valence-electron chi connectivity index (χ0n) is 12.6. The fraction of sp³-hybridized carbons (Fsp3) is 0.529. The van der Waals surface area contributed by atoms with E-state index in [2.05, 4.69) is 41.3 Å². The molecule has 1 aromatic heterocycles. The molecule has 0 saturated carbocycles. The number of aromatic nitrogens is 1. The summed E-state index contributed by atoms with van der Waals surface area (Å²) >= 11 is 0. The zero-order valence-corrected chi connectivity index (χ0v) is 12.6. The average Bonchev–Trinajstić information content (AvgIpc) is 2.93. The van der Waals surface area contributed by atoms with Crippen molar-refractivity contribution in [2.24, 2.45) is 5.92 Å². The van der Waals surface area contributed by atoms with Gasteiger partial charge in [-0.15, -0.1) is 0 Å². The smallest absolute Gasteiger partial charge is 0.110 e. The highest BCUT2D eigenvalue weighted by atomic mass is 16.5. The number of fused-ring (bicyclic) bond motifs is 2. The summed E-state index contributed by atoms with van der Waals surface area (Å²) in [5.74, 6) is 0.266. The lowest BCUT2D eigenvalue weighted by atomic mass is 9.69. The molecule has 1 aromatic carbocycles. The number of nitrogens with one attached hydrogen (secondary N) is 1. The van der Waals surface area contributed by atoms with Crippen molar-refractivity contribution < 1.29 is 9.84 Å². The highest BCUT2D eigenvalue weighted by molar-refractivity contribution is 5.88. The second-order valence-corrected chi connectivity index (χ2v) is 6.55. The van der Waals surface area contributed by atoms with Gasteiger partial charge >= 0.3 is 0 Å². The maximum atomic E-state index is 9.67. The minimum absolute atomic E-state index is 0.220. The molecule has 4 nitrogen and oxygen atoms in total. The first kappa shape index (κ1) is 13.3. The van der Waals surface area contributed by atoms with Gasteiger partial charge in [-0.2, -0.15) is 0 Å². The van der Waals surface area contributed by atoms with Gasteiger partial charge in [0.1, 0.15) is 5.60 Å². The molecule has 112 valence electrons. The topological polar surface area (TPSA) is 48.5 Å². The first-order valence-electron chi connectivity index (χ1n) is 7.65. The Morgan fingerprint density at radius 1 is 1.48 bits per heavy atom. The van der Waals surface area contributed by atoms with Gasteiger partial charge in [-0.1, -0.05) is 12.1 Å². The molecule has 2 aliphatic rings. The molecule has 1 fully saturated rings. The number of methoxy groups -OCH3 is 1. The molecule has 0 spiro atoms. The molecule has 1 saturated heterocycles. The molecular formula is C17H22N2O2. The highest BCUT2D eigenvalue weighted by Crippen LogP contribution is 2.49. The van der Waals surface area contributed by atoms with Crippen molar-refractivity contribution in [2.45, 2.75) is 24.5 Å². The van der Waals surface area contributed by atoms with Crippen LogP contribution in [0, 0.1) is 5.92 Å². The van der Waals surface area contributed by atoms with Gasteiger partial charge in [0.05, 0.1) is 0 Å². The van der Waals surface area contributed by atoms with Gasteiger partial charge in [0.15, 0.2) is 0 Å².